The van der Waals surface area contributed by atoms with Crippen molar-refractivity contribution in [1.82, 2.24) is 15.2 Å². The number of amides is 1. The number of fused-ring (bicyclic) bond motifs is 1. The summed E-state index contributed by atoms with van der Waals surface area (Å²) in [4.78, 5) is 21.4. The standard InChI is InChI=1S/C23H29FN4O2.CH4/c24-20-5-6-21(19-2-1-7-25-23(19)20)28-13-17(16-3-4-16)12-18(14-28)26-22(29)15-27-8-10-30-11-9-27;/h1-2,5-7,16-18H,3-4,8-15H2,(H,26,29);1H4. The van der Waals surface area contributed by atoms with E-state index in [1.807, 2.05) is 18.2 Å². The largest absolute Gasteiger partial charge is 0.379 e. The highest BCUT2D eigenvalue weighted by molar-refractivity contribution is 5.92. The molecule has 3 heterocycles. The summed E-state index contributed by atoms with van der Waals surface area (Å²) in [5.74, 6) is 1.10. The fraction of sp³-hybridized carbons (Fsp3) is 0.583. The lowest BCUT2D eigenvalue weighted by molar-refractivity contribution is -0.124. The van der Waals surface area contributed by atoms with Gasteiger partial charge in [0, 0.05) is 49.5 Å². The average Bonchev–Trinajstić information content (AvgIpc) is 3.60. The van der Waals surface area contributed by atoms with Crippen molar-refractivity contribution in [3.63, 3.8) is 0 Å². The molecule has 0 radical (unpaired) electrons. The Bertz CT molecular complexity index is 914. The van der Waals surface area contributed by atoms with E-state index in [2.05, 4.69) is 20.1 Å². The molecule has 3 fully saturated rings. The van der Waals surface area contributed by atoms with E-state index in [1.54, 1.807) is 6.20 Å². The molecule has 2 aromatic rings. The van der Waals surface area contributed by atoms with Crippen LogP contribution in [0.5, 0.6) is 0 Å². The molecule has 1 amide bonds. The van der Waals surface area contributed by atoms with Crippen LogP contribution in [0.2, 0.25) is 0 Å². The molecule has 0 spiro atoms. The third-order valence-corrected chi connectivity index (χ3v) is 6.65. The van der Waals surface area contributed by atoms with Gasteiger partial charge in [-0.2, -0.15) is 0 Å². The first kappa shape index (κ1) is 22.0. The molecule has 1 aliphatic carbocycles. The van der Waals surface area contributed by atoms with Crippen LogP contribution in [-0.4, -0.2) is 67.8 Å². The molecule has 2 saturated heterocycles. The van der Waals surface area contributed by atoms with E-state index in [1.165, 1.54) is 18.9 Å². The molecule has 0 bridgehead atoms. The zero-order valence-corrected chi connectivity index (χ0v) is 17.2. The second kappa shape index (κ2) is 9.49. The van der Waals surface area contributed by atoms with Gasteiger partial charge in [-0.25, -0.2) is 4.39 Å². The number of hydrogen-bond donors (Lipinski definition) is 1. The number of nitrogens with one attached hydrogen (secondary N) is 1. The molecular formula is C24H33FN4O2. The van der Waals surface area contributed by atoms with E-state index in [0.29, 0.717) is 31.2 Å². The maximum absolute atomic E-state index is 14.3. The predicted molar refractivity (Wildman–Crippen MR) is 121 cm³/mol. The zero-order valence-electron chi connectivity index (χ0n) is 17.2. The maximum Gasteiger partial charge on any atom is 0.234 e. The fourth-order valence-corrected chi connectivity index (χ4v) is 4.98. The number of carbonyl (C=O) groups is 1. The van der Waals surface area contributed by atoms with Crippen LogP contribution in [0.4, 0.5) is 10.1 Å². The quantitative estimate of drug-likeness (QED) is 0.793. The number of piperidine rings is 1. The molecule has 1 saturated carbocycles. The summed E-state index contributed by atoms with van der Waals surface area (Å²) in [5.41, 5.74) is 1.42. The molecule has 6 nitrogen and oxygen atoms in total. The lowest BCUT2D eigenvalue weighted by Crippen LogP contribution is -2.53. The lowest BCUT2D eigenvalue weighted by atomic mass is 9.89. The van der Waals surface area contributed by atoms with Crippen LogP contribution in [0.15, 0.2) is 30.5 Å². The van der Waals surface area contributed by atoms with Crippen molar-refractivity contribution in [2.24, 2.45) is 11.8 Å². The SMILES string of the molecule is C.O=C(CN1CCOCC1)NC1CC(C2CC2)CN(c2ccc(F)c3ncccc23)C1. The summed E-state index contributed by atoms with van der Waals surface area (Å²) in [7, 11) is 0. The second-order valence-corrected chi connectivity index (χ2v) is 8.86. The maximum atomic E-state index is 14.3. The number of morpholine rings is 1. The summed E-state index contributed by atoms with van der Waals surface area (Å²) in [6.07, 6.45) is 5.21. The number of ether oxygens (including phenoxy) is 1. The van der Waals surface area contributed by atoms with Crippen molar-refractivity contribution in [2.45, 2.75) is 32.7 Å². The van der Waals surface area contributed by atoms with Gasteiger partial charge in [0.05, 0.1) is 19.8 Å². The number of hydrogen-bond acceptors (Lipinski definition) is 5. The van der Waals surface area contributed by atoms with Crippen LogP contribution < -0.4 is 10.2 Å². The molecule has 5 rings (SSSR count). The molecule has 3 aliphatic rings. The van der Waals surface area contributed by atoms with E-state index in [9.17, 15) is 9.18 Å². The van der Waals surface area contributed by atoms with Gasteiger partial charge in [-0.3, -0.25) is 14.7 Å². The minimum atomic E-state index is -0.291. The summed E-state index contributed by atoms with van der Waals surface area (Å²) >= 11 is 0. The summed E-state index contributed by atoms with van der Waals surface area (Å²) in [6, 6.07) is 7.27. The summed E-state index contributed by atoms with van der Waals surface area (Å²) in [5, 5.41) is 4.13. The van der Waals surface area contributed by atoms with Crippen molar-refractivity contribution in [3.05, 3.63) is 36.3 Å². The predicted octanol–water partition coefficient (Wildman–Crippen LogP) is 3.06. The smallest absolute Gasteiger partial charge is 0.234 e. The number of anilines is 1. The first-order valence-electron chi connectivity index (χ1n) is 11.0. The number of halogens is 1. The Labute approximate surface area is 183 Å². The summed E-state index contributed by atoms with van der Waals surface area (Å²) < 4.78 is 19.6. The molecule has 1 aromatic heterocycles. The Balaban J connectivity index is 0.00000231. The molecule has 1 aromatic carbocycles. The van der Waals surface area contributed by atoms with Gasteiger partial charge in [0.2, 0.25) is 5.91 Å². The lowest BCUT2D eigenvalue weighted by Gasteiger charge is -2.40. The van der Waals surface area contributed by atoms with Crippen LogP contribution in [0.1, 0.15) is 26.7 Å². The Morgan fingerprint density at radius 1 is 1.16 bits per heavy atom. The first-order chi connectivity index (χ1) is 14.7. The van der Waals surface area contributed by atoms with Gasteiger partial charge < -0.3 is 15.0 Å². The first-order valence-corrected chi connectivity index (χ1v) is 11.0. The van der Waals surface area contributed by atoms with Crippen molar-refractivity contribution in [1.29, 1.82) is 0 Å². The molecule has 2 atom stereocenters. The number of benzene rings is 1. The average molecular weight is 429 g/mol. The van der Waals surface area contributed by atoms with Gasteiger partial charge in [-0.1, -0.05) is 7.43 Å². The molecule has 2 unspecified atom stereocenters. The van der Waals surface area contributed by atoms with Crippen LogP contribution in [0.25, 0.3) is 10.9 Å². The van der Waals surface area contributed by atoms with Crippen molar-refractivity contribution in [3.8, 4) is 0 Å². The van der Waals surface area contributed by atoms with E-state index < -0.39 is 0 Å². The number of rotatable bonds is 5. The molecule has 7 heteroatoms. The molecular weight excluding hydrogens is 395 g/mol. The van der Waals surface area contributed by atoms with E-state index in [0.717, 1.165) is 49.6 Å². The normalized spacial score (nSPS) is 24.6. The van der Waals surface area contributed by atoms with Gasteiger partial charge in [0.1, 0.15) is 11.3 Å². The minimum Gasteiger partial charge on any atom is -0.379 e. The third kappa shape index (κ3) is 4.99. The molecule has 2 aliphatic heterocycles. The molecule has 31 heavy (non-hydrogen) atoms. The van der Waals surface area contributed by atoms with E-state index in [-0.39, 0.29) is 25.2 Å². The van der Waals surface area contributed by atoms with Crippen molar-refractivity contribution >= 4 is 22.5 Å². The Morgan fingerprint density at radius 3 is 2.74 bits per heavy atom. The highest BCUT2D eigenvalue weighted by atomic mass is 19.1. The van der Waals surface area contributed by atoms with E-state index >= 15 is 0 Å². The zero-order chi connectivity index (χ0) is 20.5. The van der Waals surface area contributed by atoms with Gasteiger partial charge in [-0.15, -0.1) is 0 Å². The highest BCUT2D eigenvalue weighted by Gasteiger charge is 2.38. The van der Waals surface area contributed by atoms with Gasteiger partial charge in [-0.05, 0) is 55.4 Å². The third-order valence-electron chi connectivity index (χ3n) is 6.65. The topological polar surface area (TPSA) is 57.7 Å². The van der Waals surface area contributed by atoms with Gasteiger partial charge >= 0.3 is 0 Å². The van der Waals surface area contributed by atoms with Crippen LogP contribution in [-0.2, 0) is 9.53 Å². The van der Waals surface area contributed by atoms with E-state index in [4.69, 9.17) is 4.74 Å². The van der Waals surface area contributed by atoms with Gasteiger partial charge in [0.15, 0.2) is 0 Å². The van der Waals surface area contributed by atoms with Crippen LogP contribution in [0.3, 0.4) is 0 Å². The minimum absolute atomic E-state index is 0. The molecule has 1 N–H and O–H groups in total. The van der Waals surface area contributed by atoms with Crippen molar-refractivity contribution < 1.29 is 13.9 Å². The number of pyridine rings is 1. The second-order valence-electron chi connectivity index (χ2n) is 8.86. The van der Waals surface area contributed by atoms with Crippen molar-refractivity contribution in [2.75, 3.05) is 50.8 Å². The van der Waals surface area contributed by atoms with Crippen LogP contribution >= 0.6 is 0 Å². The van der Waals surface area contributed by atoms with Gasteiger partial charge in [0.25, 0.3) is 0 Å². The Kier molecular flexibility index (Phi) is 6.72. The highest BCUT2D eigenvalue weighted by Crippen LogP contribution is 2.42. The summed E-state index contributed by atoms with van der Waals surface area (Å²) in [6.45, 7) is 5.13. The monoisotopic (exact) mass is 428 g/mol. The fourth-order valence-electron chi connectivity index (χ4n) is 4.98. The Morgan fingerprint density at radius 2 is 1.97 bits per heavy atom. The van der Waals surface area contributed by atoms with Crippen LogP contribution in [0, 0.1) is 17.7 Å². The number of carbonyl (C=O) groups excluding carboxylic acids is 1. The number of aromatic nitrogens is 1. The Hall–Kier alpha value is -2.25. The molecule has 168 valence electrons. The number of nitrogens with zero attached hydrogens (tertiary/aromatic N) is 3.